The van der Waals surface area contributed by atoms with Crippen LogP contribution in [0.2, 0.25) is 0 Å². The van der Waals surface area contributed by atoms with E-state index in [4.69, 9.17) is 0 Å². The third kappa shape index (κ3) is 3.42. The number of carbonyl (C=O) groups is 1. The number of nitrogens with one attached hydrogen (secondary N) is 2. The fourth-order valence-corrected chi connectivity index (χ4v) is 2.97. The topological polar surface area (TPSA) is 44.4 Å². The second-order valence-electron chi connectivity index (χ2n) is 5.60. The van der Waals surface area contributed by atoms with E-state index in [0.717, 1.165) is 25.9 Å². The molecule has 3 atom stereocenters. The number of carbonyl (C=O) groups excluding carboxylic acids is 1. The summed E-state index contributed by atoms with van der Waals surface area (Å²) in [5.41, 5.74) is 0. The summed E-state index contributed by atoms with van der Waals surface area (Å²) >= 11 is 0. The molecule has 1 unspecified atom stereocenters. The quantitative estimate of drug-likeness (QED) is 0.757. The van der Waals surface area contributed by atoms with Gasteiger partial charge in [-0.15, -0.1) is 0 Å². The molecule has 98 valence electrons. The fraction of sp³-hybridized carbons (Fsp3) is 0.923. The fourth-order valence-electron chi connectivity index (χ4n) is 2.97. The number of likely N-dealkylation sites (N-methyl/N-ethyl adjacent to an activating group) is 1. The number of likely N-dealkylation sites (tertiary alicyclic amines) is 1. The van der Waals surface area contributed by atoms with Gasteiger partial charge < -0.3 is 15.5 Å². The maximum atomic E-state index is 12.0. The molecular formula is C13H25N3O. The van der Waals surface area contributed by atoms with E-state index in [-0.39, 0.29) is 11.8 Å². The van der Waals surface area contributed by atoms with Crippen LogP contribution in [-0.2, 0) is 4.79 Å². The SMILES string of the molecule is C[C@H]1C[C@@H](C(=O)NCC2CCCN2C)CCN1. The molecule has 0 radical (unpaired) electrons. The van der Waals surface area contributed by atoms with Gasteiger partial charge in [0.15, 0.2) is 0 Å². The largest absolute Gasteiger partial charge is 0.354 e. The van der Waals surface area contributed by atoms with Crippen molar-refractivity contribution in [3.05, 3.63) is 0 Å². The van der Waals surface area contributed by atoms with E-state index in [0.29, 0.717) is 12.1 Å². The van der Waals surface area contributed by atoms with Crippen LogP contribution in [0.25, 0.3) is 0 Å². The zero-order valence-electron chi connectivity index (χ0n) is 11.0. The second kappa shape index (κ2) is 5.83. The average Bonchev–Trinajstić information content (AvgIpc) is 2.72. The zero-order valence-corrected chi connectivity index (χ0v) is 11.0. The molecule has 1 amide bonds. The van der Waals surface area contributed by atoms with Crippen molar-refractivity contribution in [1.82, 2.24) is 15.5 Å². The average molecular weight is 239 g/mol. The third-order valence-corrected chi connectivity index (χ3v) is 4.18. The van der Waals surface area contributed by atoms with E-state index >= 15 is 0 Å². The molecule has 4 nitrogen and oxygen atoms in total. The molecule has 0 spiro atoms. The molecule has 0 aromatic rings. The molecule has 0 saturated carbocycles. The third-order valence-electron chi connectivity index (χ3n) is 4.18. The lowest BCUT2D eigenvalue weighted by molar-refractivity contribution is -0.126. The van der Waals surface area contributed by atoms with Gasteiger partial charge in [0, 0.05) is 24.5 Å². The first-order valence-corrected chi connectivity index (χ1v) is 6.88. The minimum Gasteiger partial charge on any atom is -0.354 e. The standard InChI is InChI=1S/C13H25N3O/c1-10-8-11(5-6-14-10)13(17)15-9-12-4-3-7-16(12)2/h10-12,14H,3-9H2,1-2H3,(H,15,17)/t10-,11-,12?/m0/s1. The summed E-state index contributed by atoms with van der Waals surface area (Å²) in [4.78, 5) is 14.4. The van der Waals surface area contributed by atoms with Crippen LogP contribution in [0.5, 0.6) is 0 Å². The van der Waals surface area contributed by atoms with Crippen LogP contribution in [0, 0.1) is 5.92 Å². The predicted octanol–water partition coefficient (Wildman–Crippen LogP) is 0.585. The smallest absolute Gasteiger partial charge is 0.223 e. The Morgan fingerprint density at radius 1 is 1.47 bits per heavy atom. The van der Waals surface area contributed by atoms with Crippen molar-refractivity contribution in [2.24, 2.45) is 5.92 Å². The molecule has 4 heteroatoms. The van der Waals surface area contributed by atoms with Crippen LogP contribution in [-0.4, -0.2) is 49.6 Å². The first kappa shape index (κ1) is 12.8. The van der Waals surface area contributed by atoms with Gasteiger partial charge in [-0.3, -0.25) is 4.79 Å². The van der Waals surface area contributed by atoms with Crippen molar-refractivity contribution >= 4 is 5.91 Å². The highest BCUT2D eigenvalue weighted by atomic mass is 16.1. The molecule has 2 aliphatic heterocycles. The minimum absolute atomic E-state index is 0.220. The number of hydrogen-bond donors (Lipinski definition) is 2. The van der Waals surface area contributed by atoms with Gasteiger partial charge in [0.1, 0.15) is 0 Å². The van der Waals surface area contributed by atoms with Gasteiger partial charge in [0.25, 0.3) is 0 Å². The van der Waals surface area contributed by atoms with Gasteiger partial charge in [-0.25, -0.2) is 0 Å². The first-order chi connectivity index (χ1) is 8.16. The maximum Gasteiger partial charge on any atom is 0.223 e. The molecule has 17 heavy (non-hydrogen) atoms. The van der Waals surface area contributed by atoms with Crippen LogP contribution in [0.4, 0.5) is 0 Å². The van der Waals surface area contributed by atoms with Crippen molar-refractivity contribution in [2.45, 2.75) is 44.7 Å². The van der Waals surface area contributed by atoms with Crippen molar-refractivity contribution in [3.8, 4) is 0 Å². The Morgan fingerprint density at radius 2 is 2.29 bits per heavy atom. The summed E-state index contributed by atoms with van der Waals surface area (Å²) in [7, 11) is 2.15. The predicted molar refractivity (Wildman–Crippen MR) is 68.9 cm³/mol. The Morgan fingerprint density at radius 3 is 2.94 bits per heavy atom. The monoisotopic (exact) mass is 239 g/mol. The van der Waals surface area contributed by atoms with Gasteiger partial charge in [-0.2, -0.15) is 0 Å². The summed E-state index contributed by atoms with van der Waals surface area (Å²) in [6.07, 6.45) is 4.45. The van der Waals surface area contributed by atoms with Crippen LogP contribution < -0.4 is 10.6 Å². The first-order valence-electron chi connectivity index (χ1n) is 6.88. The number of nitrogens with zero attached hydrogens (tertiary/aromatic N) is 1. The minimum atomic E-state index is 0.220. The molecule has 2 N–H and O–H groups in total. The van der Waals surface area contributed by atoms with Crippen LogP contribution in [0.15, 0.2) is 0 Å². The Hall–Kier alpha value is -0.610. The Labute approximate surface area is 104 Å². The molecule has 0 aromatic carbocycles. The highest BCUT2D eigenvalue weighted by molar-refractivity contribution is 5.78. The Balaban J connectivity index is 1.73. The van der Waals surface area contributed by atoms with Crippen molar-refractivity contribution in [3.63, 3.8) is 0 Å². The molecule has 0 aliphatic carbocycles. The summed E-state index contributed by atoms with van der Waals surface area (Å²) in [5.74, 6) is 0.483. The zero-order chi connectivity index (χ0) is 12.3. The van der Waals surface area contributed by atoms with Gasteiger partial charge >= 0.3 is 0 Å². The van der Waals surface area contributed by atoms with Gasteiger partial charge in [0.05, 0.1) is 0 Å². The Kier molecular flexibility index (Phi) is 4.40. The molecule has 2 saturated heterocycles. The summed E-state index contributed by atoms with van der Waals surface area (Å²) < 4.78 is 0. The van der Waals surface area contributed by atoms with Crippen molar-refractivity contribution < 1.29 is 4.79 Å². The van der Waals surface area contributed by atoms with Gasteiger partial charge in [-0.05, 0) is 52.7 Å². The lowest BCUT2D eigenvalue weighted by Gasteiger charge is -2.28. The normalized spacial score (nSPS) is 34.8. The summed E-state index contributed by atoms with van der Waals surface area (Å²) in [6.45, 7) is 5.13. The molecule has 2 aliphatic rings. The van der Waals surface area contributed by atoms with E-state index in [1.807, 2.05) is 0 Å². The molecule has 2 heterocycles. The van der Waals surface area contributed by atoms with E-state index in [9.17, 15) is 4.79 Å². The maximum absolute atomic E-state index is 12.0. The summed E-state index contributed by atoms with van der Waals surface area (Å²) in [6, 6.07) is 1.03. The highest BCUT2D eigenvalue weighted by Gasteiger charge is 2.26. The number of rotatable bonds is 3. The van der Waals surface area contributed by atoms with Gasteiger partial charge in [0.2, 0.25) is 5.91 Å². The molecular weight excluding hydrogens is 214 g/mol. The van der Waals surface area contributed by atoms with E-state index in [1.54, 1.807) is 0 Å². The van der Waals surface area contributed by atoms with Crippen molar-refractivity contribution in [1.29, 1.82) is 0 Å². The van der Waals surface area contributed by atoms with E-state index in [1.165, 1.54) is 19.4 Å². The van der Waals surface area contributed by atoms with Crippen LogP contribution >= 0.6 is 0 Å². The second-order valence-corrected chi connectivity index (χ2v) is 5.60. The number of hydrogen-bond acceptors (Lipinski definition) is 3. The van der Waals surface area contributed by atoms with Gasteiger partial charge in [-0.1, -0.05) is 0 Å². The molecule has 0 bridgehead atoms. The number of piperidine rings is 1. The summed E-state index contributed by atoms with van der Waals surface area (Å²) in [5, 5.41) is 6.52. The van der Waals surface area contributed by atoms with E-state index in [2.05, 4.69) is 29.5 Å². The lowest BCUT2D eigenvalue weighted by Crippen LogP contribution is -2.45. The van der Waals surface area contributed by atoms with Crippen LogP contribution in [0.3, 0.4) is 0 Å². The lowest BCUT2D eigenvalue weighted by atomic mass is 9.92. The highest BCUT2D eigenvalue weighted by Crippen LogP contribution is 2.17. The Bertz CT molecular complexity index is 269. The van der Waals surface area contributed by atoms with Crippen LogP contribution in [0.1, 0.15) is 32.6 Å². The molecule has 0 aromatic heterocycles. The van der Waals surface area contributed by atoms with Crippen molar-refractivity contribution in [2.75, 3.05) is 26.7 Å². The number of amides is 1. The van der Waals surface area contributed by atoms with E-state index < -0.39 is 0 Å². The molecule has 2 rings (SSSR count). The molecule has 2 fully saturated rings.